The lowest BCUT2D eigenvalue weighted by Crippen LogP contribution is -2.28. The van der Waals surface area contributed by atoms with Gasteiger partial charge >= 0.3 is 0 Å². The molecule has 0 spiro atoms. The van der Waals surface area contributed by atoms with Crippen molar-refractivity contribution in [3.63, 3.8) is 0 Å². The molecule has 2 fully saturated rings. The van der Waals surface area contributed by atoms with Crippen LogP contribution in [0.2, 0.25) is 0 Å². The number of nitrogens with zero attached hydrogens (tertiary/aromatic N) is 1. The molecule has 3 rings (SSSR count). The highest BCUT2D eigenvalue weighted by Crippen LogP contribution is 2.48. The quantitative estimate of drug-likeness (QED) is 0.854. The molecule has 1 aromatic rings. The van der Waals surface area contributed by atoms with Gasteiger partial charge in [-0.1, -0.05) is 6.42 Å². The molecule has 2 saturated carbocycles. The normalized spacial score (nSPS) is 29.5. The van der Waals surface area contributed by atoms with Gasteiger partial charge in [0.05, 0.1) is 12.8 Å². The average Bonchev–Trinajstić information content (AvgIpc) is 3.07. The predicted octanol–water partition coefficient (Wildman–Crippen LogP) is 2.87. The van der Waals surface area contributed by atoms with E-state index < -0.39 is 0 Å². The molecule has 106 valence electrons. The maximum atomic E-state index is 5.54. The lowest BCUT2D eigenvalue weighted by atomic mass is 9.88. The van der Waals surface area contributed by atoms with Gasteiger partial charge in [0, 0.05) is 18.7 Å². The van der Waals surface area contributed by atoms with Gasteiger partial charge in [-0.25, -0.2) is 0 Å². The van der Waals surface area contributed by atoms with Crippen LogP contribution in [0.1, 0.15) is 37.0 Å². The first-order chi connectivity index (χ1) is 9.26. The fourth-order valence-corrected chi connectivity index (χ4v) is 4.18. The molecule has 2 bridgehead atoms. The van der Waals surface area contributed by atoms with Gasteiger partial charge in [-0.2, -0.15) is 0 Å². The van der Waals surface area contributed by atoms with Gasteiger partial charge < -0.3 is 14.6 Å². The van der Waals surface area contributed by atoms with Gasteiger partial charge in [-0.3, -0.25) is 0 Å². The van der Waals surface area contributed by atoms with Crippen molar-refractivity contribution in [2.24, 2.45) is 17.8 Å². The Labute approximate surface area is 116 Å². The largest absolute Gasteiger partial charge is 0.468 e. The van der Waals surface area contributed by atoms with E-state index in [1.165, 1.54) is 37.8 Å². The zero-order valence-electron chi connectivity index (χ0n) is 12.2. The Hall–Kier alpha value is -0.800. The summed E-state index contributed by atoms with van der Waals surface area (Å²) in [5, 5.41) is 3.17. The predicted molar refractivity (Wildman–Crippen MR) is 76.7 cm³/mol. The van der Waals surface area contributed by atoms with E-state index in [0.717, 1.165) is 36.6 Å². The van der Waals surface area contributed by atoms with Gasteiger partial charge in [0.2, 0.25) is 0 Å². The van der Waals surface area contributed by atoms with Crippen LogP contribution < -0.4 is 5.32 Å². The second kappa shape index (κ2) is 5.68. The summed E-state index contributed by atoms with van der Waals surface area (Å²) in [6.07, 6.45) is 7.78. The molecule has 1 aromatic heterocycles. The zero-order valence-corrected chi connectivity index (χ0v) is 12.2. The summed E-state index contributed by atoms with van der Waals surface area (Å²) in [5.41, 5.74) is 1.33. The number of hydrogen-bond donors (Lipinski definition) is 1. The van der Waals surface area contributed by atoms with Crippen molar-refractivity contribution in [2.45, 2.75) is 38.8 Å². The first-order valence-electron chi connectivity index (χ1n) is 7.64. The first-order valence-corrected chi connectivity index (χ1v) is 7.64. The summed E-state index contributed by atoms with van der Waals surface area (Å²) in [6, 6.07) is 2.12. The molecular formula is C16H26N2O. The molecule has 19 heavy (non-hydrogen) atoms. The van der Waals surface area contributed by atoms with Crippen LogP contribution in [-0.4, -0.2) is 25.5 Å². The highest BCUT2D eigenvalue weighted by molar-refractivity contribution is 5.16. The summed E-state index contributed by atoms with van der Waals surface area (Å²) in [6.45, 7) is 3.09. The molecule has 0 aromatic carbocycles. The molecule has 1 heterocycles. The van der Waals surface area contributed by atoms with E-state index in [9.17, 15) is 0 Å². The fraction of sp³-hybridized carbons (Fsp3) is 0.750. The average molecular weight is 262 g/mol. The minimum absolute atomic E-state index is 0.824. The monoisotopic (exact) mass is 262 g/mol. The minimum Gasteiger partial charge on any atom is -0.468 e. The Kier molecular flexibility index (Phi) is 3.94. The third kappa shape index (κ3) is 2.87. The SMILES string of the molecule is CNCc1occc1CN(C)CC1CC2CCC1C2. The molecule has 1 N–H and O–H groups in total. The van der Waals surface area contributed by atoms with Crippen molar-refractivity contribution < 1.29 is 4.42 Å². The topological polar surface area (TPSA) is 28.4 Å². The molecule has 0 radical (unpaired) electrons. The molecule has 0 amide bonds. The lowest BCUT2D eigenvalue weighted by molar-refractivity contribution is 0.213. The van der Waals surface area contributed by atoms with Crippen LogP contribution in [-0.2, 0) is 13.1 Å². The number of hydrogen-bond acceptors (Lipinski definition) is 3. The molecule has 2 aliphatic carbocycles. The van der Waals surface area contributed by atoms with Crippen LogP contribution in [0.15, 0.2) is 16.7 Å². The Morgan fingerprint density at radius 3 is 2.95 bits per heavy atom. The van der Waals surface area contributed by atoms with E-state index in [4.69, 9.17) is 4.42 Å². The Morgan fingerprint density at radius 1 is 1.37 bits per heavy atom. The van der Waals surface area contributed by atoms with Gasteiger partial charge in [0.15, 0.2) is 0 Å². The van der Waals surface area contributed by atoms with Crippen LogP contribution in [0.3, 0.4) is 0 Å². The second-order valence-corrected chi connectivity index (χ2v) is 6.53. The Morgan fingerprint density at radius 2 is 2.26 bits per heavy atom. The van der Waals surface area contributed by atoms with Gasteiger partial charge in [-0.05, 0) is 57.2 Å². The van der Waals surface area contributed by atoms with E-state index in [1.54, 1.807) is 0 Å². The standard InChI is InChI=1S/C16H26N2O/c1-17-9-16-14(5-6-19-16)10-18(2)11-15-8-12-3-4-13(15)7-12/h5-6,12-13,15,17H,3-4,7-11H2,1-2H3. The summed E-state index contributed by atoms with van der Waals surface area (Å²) >= 11 is 0. The number of nitrogens with one attached hydrogen (secondary N) is 1. The minimum atomic E-state index is 0.824. The van der Waals surface area contributed by atoms with Crippen molar-refractivity contribution in [1.29, 1.82) is 0 Å². The lowest BCUT2D eigenvalue weighted by Gasteiger charge is -2.27. The molecule has 0 aliphatic heterocycles. The highest BCUT2D eigenvalue weighted by atomic mass is 16.3. The van der Waals surface area contributed by atoms with Crippen LogP contribution in [0.5, 0.6) is 0 Å². The highest BCUT2D eigenvalue weighted by Gasteiger charge is 2.39. The summed E-state index contributed by atoms with van der Waals surface area (Å²) < 4.78 is 5.54. The van der Waals surface area contributed by atoms with Crippen LogP contribution >= 0.6 is 0 Å². The van der Waals surface area contributed by atoms with Crippen LogP contribution in [0, 0.1) is 17.8 Å². The van der Waals surface area contributed by atoms with Crippen molar-refractivity contribution in [1.82, 2.24) is 10.2 Å². The van der Waals surface area contributed by atoms with E-state index >= 15 is 0 Å². The van der Waals surface area contributed by atoms with E-state index in [-0.39, 0.29) is 0 Å². The van der Waals surface area contributed by atoms with E-state index in [2.05, 4.69) is 23.3 Å². The molecule has 3 unspecified atom stereocenters. The van der Waals surface area contributed by atoms with E-state index in [1.807, 2.05) is 13.3 Å². The smallest absolute Gasteiger partial charge is 0.122 e. The summed E-state index contributed by atoms with van der Waals surface area (Å²) in [5.74, 6) is 4.11. The van der Waals surface area contributed by atoms with Gasteiger partial charge in [-0.15, -0.1) is 0 Å². The second-order valence-electron chi connectivity index (χ2n) is 6.53. The molecule has 3 atom stereocenters. The first kappa shape index (κ1) is 13.2. The van der Waals surface area contributed by atoms with Gasteiger partial charge in [0.25, 0.3) is 0 Å². The van der Waals surface area contributed by atoms with Crippen molar-refractivity contribution >= 4 is 0 Å². The summed E-state index contributed by atoms with van der Waals surface area (Å²) in [7, 11) is 4.22. The van der Waals surface area contributed by atoms with Crippen molar-refractivity contribution in [3.05, 3.63) is 23.7 Å². The Balaban J connectivity index is 1.53. The fourth-order valence-electron chi connectivity index (χ4n) is 4.18. The Bertz CT molecular complexity index is 415. The number of rotatable bonds is 6. The summed E-state index contributed by atoms with van der Waals surface area (Å²) in [4.78, 5) is 2.48. The maximum Gasteiger partial charge on any atom is 0.122 e. The molecule has 0 saturated heterocycles. The van der Waals surface area contributed by atoms with Crippen molar-refractivity contribution in [3.8, 4) is 0 Å². The number of fused-ring (bicyclic) bond motifs is 2. The third-order valence-electron chi connectivity index (χ3n) is 5.05. The van der Waals surface area contributed by atoms with E-state index in [0.29, 0.717) is 0 Å². The molecule has 2 aliphatic rings. The maximum absolute atomic E-state index is 5.54. The molecular weight excluding hydrogens is 236 g/mol. The van der Waals surface area contributed by atoms with Crippen LogP contribution in [0.25, 0.3) is 0 Å². The van der Waals surface area contributed by atoms with Crippen LogP contribution in [0.4, 0.5) is 0 Å². The molecule has 3 nitrogen and oxygen atoms in total. The van der Waals surface area contributed by atoms with Crippen molar-refractivity contribution in [2.75, 3.05) is 20.6 Å². The molecule has 3 heteroatoms. The number of furan rings is 1. The third-order valence-corrected chi connectivity index (χ3v) is 5.05. The zero-order chi connectivity index (χ0) is 13.2. The van der Waals surface area contributed by atoms with Gasteiger partial charge in [0.1, 0.15) is 5.76 Å².